The van der Waals surface area contributed by atoms with Gasteiger partial charge in [0, 0.05) is 17.5 Å². The van der Waals surface area contributed by atoms with E-state index < -0.39 is 0 Å². The van der Waals surface area contributed by atoms with Crippen molar-refractivity contribution in [1.82, 2.24) is 9.97 Å². The highest BCUT2D eigenvalue weighted by atomic mass is 32.1. The third kappa shape index (κ3) is 2.17. The summed E-state index contributed by atoms with van der Waals surface area (Å²) in [7, 11) is 1.85. The number of aromatic nitrogens is 2. The van der Waals surface area contributed by atoms with Gasteiger partial charge in [-0.2, -0.15) is 0 Å². The molecule has 0 amide bonds. The van der Waals surface area contributed by atoms with Gasteiger partial charge in [0.1, 0.15) is 4.83 Å². The Kier molecular flexibility index (Phi) is 3.32. The first kappa shape index (κ1) is 13.7. The van der Waals surface area contributed by atoms with Gasteiger partial charge < -0.3 is 0 Å². The molecule has 1 aliphatic rings. The monoisotopic (exact) mass is 310 g/mol. The molecule has 22 heavy (non-hydrogen) atoms. The molecule has 0 atom stereocenters. The summed E-state index contributed by atoms with van der Waals surface area (Å²) in [4.78, 5) is 12.1. The first-order valence-electron chi connectivity index (χ1n) is 7.60. The van der Waals surface area contributed by atoms with Gasteiger partial charge >= 0.3 is 0 Å². The zero-order valence-electron chi connectivity index (χ0n) is 12.5. The fourth-order valence-corrected chi connectivity index (χ4v) is 4.37. The summed E-state index contributed by atoms with van der Waals surface area (Å²) in [6, 6.07) is 10.1. The Morgan fingerprint density at radius 3 is 2.64 bits per heavy atom. The molecule has 0 saturated carbocycles. The molecule has 2 aromatic heterocycles. The van der Waals surface area contributed by atoms with E-state index in [0.29, 0.717) is 0 Å². The minimum Gasteiger partial charge on any atom is -0.297 e. The minimum absolute atomic E-state index is 0.749. The van der Waals surface area contributed by atoms with Gasteiger partial charge in [-0.15, -0.1) is 11.3 Å². The average Bonchev–Trinajstić information content (AvgIpc) is 2.93. The molecule has 0 bridgehead atoms. The highest BCUT2D eigenvalue weighted by molar-refractivity contribution is 7.19. The van der Waals surface area contributed by atoms with Crippen LogP contribution >= 0.6 is 11.3 Å². The van der Waals surface area contributed by atoms with Gasteiger partial charge in [0.2, 0.25) is 0 Å². The summed E-state index contributed by atoms with van der Waals surface area (Å²) in [5.41, 5.74) is 2.44. The predicted octanol–water partition coefficient (Wildman–Crippen LogP) is 3.55. The molecule has 0 radical (unpaired) electrons. The number of hydrogen-bond donors (Lipinski definition) is 1. The van der Waals surface area contributed by atoms with E-state index in [0.717, 1.165) is 40.3 Å². The number of anilines is 1. The summed E-state index contributed by atoms with van der Waals surface area (Å²) in [5.74, 6) is 7.65. The van der Waals surface area contributed by atoms with E-state index in [1.165, 1.54) is 23.3 Å². The molecule has 0 spiro atoms. The Hall–Kier alpha value is -1.98. The molecule has 5 heteroatoms. The molecule has 3 aromatic rings. The van der Waals surface area contributed by atoms with Crippen LogP contribution in [-0.2, 0) is 12.8 Å². The maximum absolute atomic E-state index is 6.07. The van der Waals surface area contributed by atoms with E-state index in [1.54, 1.807) is 16.3 Å². The molecular formula is C17H18N4S. The van der Waals surface area contributed by atoms with Crippen LogP contribution in [0.3, 0.4) is 0 Å². The molecule has 2 N–H and O–H groups in total. The fraction of sp³-hybridized carbons (Fsp3) is 0.294. The van der Waals surface area contributed by atoms with Crippen LogP contribution in [0.4, 0.5) is 5.82 Å². The summed E-state index contributed by atoms with van der Waals surface area (Å²) < 4.78 is 0. The molecule has 0 fully saturated rings. The standard InChI is InChI=1S/C17H18N4S/c1-21(18)16-14-12-9-5-6-10-13(12)22-17(14)20-15(19-16)11-7-3-2-4-8-11/h2-4,7-8H,5-6,9-10,18H2,1H3. The van der Waals surface area contributed by atoms with Crippen LogP contribution in [0.5, 0.6) is 0 Å². The van der Waals surface area contributed by atoms with Gasteiger partial charge in [-0.25, -0.2) is 15.8 Å². The Labute approximate surface area is 133 Å². The number of aryl methyl sites for hydroxylation is 2. The molecule has 1 aromatic carbocycles. The zero-order chi connectivity index (χ0) is 15.1. The molecule has 0 saturated heterocycles. The largest absolute Gasteiger partial charge is 0.297 e. The molecular weight excluding hydrogens is 292 g/mol. The van der Waals surface area contributed by atoms with Gasteiger partial charge in [0.15, 0.2) is 11.6 Å². The van der Waals surface area contributed by atoms with Crippen LogP contribution in [0.2, 0.25) is 0 Å². The van der Waals surface area contributed by atoms with Crippen LogP contribution in [0.15, 0.2) is 30.3 Å². The number of nitrogens with zero attached hydrogens (tertiary/aromatic N) is 3. The van der Waals surface area contributed by atoms with E-state index in [4.69, 9.17) is 15.8 Å². The molecule has 4 nitrogen and oxygen atoms in total. The Balaban J connectivity index is 1.99. The van der Waals surface area contributed by atoms with Gasteiger partial charge in [0.25, 0.3) is 0 Å². The van der Waals surface area contributed by atoms with Gasteiger partial charge in [0.05, 0.1) is 5.39 Å². The quantitative estimate of drug-likeness (QED) is 0.581. The second kappa shape index (κ2) is 5.34. The minimum atomic E-state index is 0.749. The summed E-state index contributed by atoms with van der Waals surface area (Å²) in [6.45, 7) is 0. The third-order valence-electron chi connectivity index (χ3n) is 4.16. The van der Waals surface area contributed by atoms with Crippen molar-refractivity contribution in [3.8, 4) is 11.4 Å². The highest BCUT2D eigenvalue weighted by Crippen LogP contribution is 2.40. The number of nitrogens with two attached hydrogens (primary N) is 1. The fourth-order valence-electron chi connectivity index (χ4n) is 3.11. The molecule has 2 heterocycles. The Morgan fingerprint density at radius 1 is 1.09 bits per heavy atom. The summed E-state index contributed by atoms with van der Waals surface area (Å²) in [6.07, 6.45) is 4.79. The lowest BCUT2D eigenvalue weighted by Crippen LogP contribution is -2.26. The molecule has 112 valence electrons. The van der Waals surface area contributed by atoms with Crippen molar-refractivity contribution in [2.75, 3.05) is 12.1 Å². The highest BCUT2D eigenvalue weighted by Gasteiger charge is 2.22. The Morgan fingerprint density at radius 2 is 1.86 bits per heavy atom. The van der Waals surface area contributed by atoms with Crippen molar-refractivity contribution in [2.45, 2.75) is 25.7 Å². The zero-order valence-corrected chi connectivity index (χ0v) is 13.4. The number of rotatable bonds is 2. The molecule has 0 aliphatic heterocycles. The molecule has 0 unspecified atom stereocenters. The van der Waals surface area contributed by atoms with Crippen LogP contribution in [0.25, 0.3) is 21.6 Å². The van der Waals surface area contributed by atoms with Crippen molar-refractivity contribution in [3.05, 3.63) is 40.8 Å². The lowest BCUT2D eigenvalue weighted by atomic mass is 9.97. The number of thiophene rings is 1. The van der Waals surface area contributed by atoms with E-state index in [2.05, 4.69) is 0 Å². The number of benzene rings is 1. The van der Waals surface area contributed by atoms with E-state index in [1.807, 2.05) is 37.4 Å². The predicted molar refractivity (Wildman–Crippen MR) is 92.1 cm³/mol. The van der Waals surface area contributed by atoms with Crippen molar-refractivity contribution in [2.24, 2.45) is 5.84 Å². The second-order valence-corrected chi connectivity index (χ2v) is 6.82. The molecule has 1 aliphatic carbocycles. The van der Waals surface area contributed by atoms with E-state index in [-0.39, 0.29) is 0 Å². The van der Waals surface area contributed by atoms with Crippen LogP contribution in [-0.4, -0.2) is 17.0 Å². The van der Waals surface area contributed by atoms with Crippen molar-refractivity contribution < 1.29 is 0 Å². The first-order valence-corrected chi connectivity index (χ1v) is 8.42. The summed E-state index contributed by atoms with van der Waals surface area (Å²) in [5, 5.41) is 2.78. The van der Waals surface area contributed by atoms with Crippen molar-refractivity contribution in [1.29, 1.82) is 0 Å². The van der Waals surface area contributed by atoms with Crippen LogP contribution in [0.1, 0.15) is 23.3 Å². The van der Waals surface area contributed by atoms with E-state index >= 15 is 0 Å². The van der Waals surface area contributed by atoms with Crippen LogP contribution < -0.4 is 10.9 Å². The smallest absolute Gasteiger partial charge is 0.163 e. The number of fused-ring (bicyclic) bond motifs is 3. The molecule has 4 rings (SSSR count). The van der Waals surface area contributed by atoms with Crippen LogP contribution in [0, 0.1) is 0 Å². The number of hydrogen-bond acceptors (Lipinski definition) is 5. The Bertz CT molecular complexity index is 824. The van der Waals surface area contributed by atoms with Gasteiger partial charge in [-0.3, -0.25) is 5.01 Å². The second-order valence-electron chi connectivity index (χ2n) is 5.74. The van der Waals surface area contributed by atoms with Crippen molar-refractivity contribution >= 4 is 27.4 Å². The van der Waals surface area contributed by atoms with Gasteiger partial charge in [-0.05, 0) is 31.2 Å². The SMILES string of the molecule is CN(N)c1nc(-c2ccccc2)nc2sc3c(c12)CCCC3. The van der Waals surface area contributed by atoms with Crippen molar-refractivity contribution in [3.63, 3.8) is 0 Å². The maximum atomic E-state index is 6.07. The van der Waals surface area contributed by atoms with E-state index in [9.17, 15) is 0 Å². The average molecular weight is 310 g/mol. The number of hydrazine groups is 1. The first-order chi connectivity index (χ1) is 10.7. The van der Waals surface area contributed by atoms with Gasteiger partial charge in [-0.1, -0.05) is 30.3 Å². The lowest BCUT2D eigenvalue weighted by Gasteiger charge is -2.16. The lowest BCUT2D eigenvalue weighted by molar-refractivity contribution is 0.700. The normalized spacial score (nSPS) is 14.1. The third-order valence-corrected chi connectivity index (χ3v) is 5.35. The summed E-state index contributed by atoms with van der Waals surface area (Å²) >= 11 is 1.81. The maximum Gasteiger partial charge on any atom is 0.163 e. The topological polar surface area (TPSA) is 55.0 Å².